The van der Waals surface area contributed by atoms with Crippen LogP contribution in [0.3, 0.4) is 0 Å². The second-order valence-corrected chi connectivity index (χ2v) is 6.91. The molecule has 2 aliphatic rings. The average Bonchev–Trinajstić information content (AvgIpc) is 2.95. The third-order valence-electron chi connectivity index (χ3n) is 4.98. The van der Waals surface area contributed by atoms with Crippen LogP contribution in [0.2, 0.25) is 0 Å². The number of nitrogens with one attached hydrogen (secondary N) is 1. The molecule has 2 heterocycles. The fraction of sp³-hybridized carbons (Fsp3) is 0.611. The van der Waals surface area contributed by atoms with Gasteiger partial charge in [-0.1, -0.05) is 12.1 Å². The predicted molar refractivity (Wildman–Crippen MR) is 89.2 cm³/mol. The molecule has 144 valence electrons. The number of rotatable bonds is 6. The van der Waals surface area contributed by atoms with Crippen LogP contribution < -0.4 is 14.8 Å². The molecule has 0 radical (unpaired) electrons. The first-order valence-electron chi connectivity index (χ1n) is 8.75. The topological polar surface area (TPSA) is 50.8 Å². The molecule has 1 aromatic carbocycles. The van der Waals surface area contributed by atoms with E-state index in [1.165, 1.54) is 12.1 Å². The Hall–Kier alpha value is -1.96. The molecule has 1 N–H and O–H groups in total. The van der Waals surface area contributed by atoms with Crippen molar-refractivity contribution in [3.05, 3.63) is 24.3 Å². The van der Waals surface area contributed by atoms with E-state index < -0.39 is 12.8 Å². The minimum atomic E-state index is -4.43. The van der Waals surface area contributed by atoms with Gasteiger partial charge in [-0.3, -0.25) is 4.79 Å². The maximum absolute atomic E-state index is 12.4. The maximum Gasteiger partial charge on any atom is 0.422 e. The largest absolute Gasteiger partial charge is 0.480 e. The molecule has 1 amide bonds. The van der Waals surface area contributed by atoms with Crippen LogP contribution in [0.15, 0.2) is 24.3 Å². The molecule has 2 atom stereocenters. The number of carbonyl (C=O) groups is 1. The molecule has 2 saturated heterocycles. The molecular formula is C18H23F3N2O3. The zero-order valence-corrected chi connectivity index (χ0v) is 14.6. The van der Waals surface area contributed by atoms with Gasteiger partial charge in [0.2, 0.25) is 0 Å². The Labute approximate surface area is 150 Å². The van der Waals surface area contributed by atoms with Gasteiger partial charge in [-0.2, -0.15) is 13.2 Å². The molecule has 0 aliphatic carbocycles. The minimum Gasteiger partial charge on any atom is -0.480 e. The van der Waals surface area contributed by atoms with Crippen molar-refractivity contribution in [1.82, 2.24) is 10.2 Å². The average molecular weight is 372 g/mol. The number of alkyl halides is 3. The standard InChI is InChI=1S/C18H23F3N2O3/c1-23(14-8-12-6-7-13(9-14)22-12)17(24)10-25-15-4-2-3-5-16(15)26-11-18(19,20)21/h2-5,12-14,22H,6-11H2,1H3. The Kier molecular flexibility index (Phi) is 5.60. The summed E-state index contributed by atoms with van der Waals surface area (Å²) in [7, 11) is 1.76. The molecule has 0 spiro atoms. The first kappa shape index (κ1) is 18.8. The number of fused-ring (bicyclic) bond motifs is 2. The minimum absolute atomic E-state index is 0.0276. The van der Waals surface area contributed by atoms with Crippen molar-refractivity contribution in [2.24, 2.45) is 0 Å². The molecule has 0 saturated carbocycles. The fourth-order valence-corrected chi connectivity index (χ4v) is 3.64. The number of piperidine rings is 1. The number of nitrogens with zero attached hydrogens (tertiary/aromatic N) is 1. The van der Waals surface area contributed by atoms with Crippen molar-refractivity contribution in [3.63, 3.8) is 0 Å². The monoisotopic (exact) mass is 372 g/mol. The van der Waals surface area contributed by atoms with Crippen molar-refractivity contribution in [3.8, 4) is 11.5 Å². The number of hydrogen-bond donors (Lipinski definition) is 1. The highest BCUT2D eigenvalue weighted by molar-refractivity contribution is 5.78. The predicted octanol–water partition coefficient (Wildman–Crippen LogP) is 2.75. The number of halogens is 3. The summed E-state index contributed by atoms with van der Waals surface area (Å²) >= 11 is 0. The highest BCUT2D eigenvalue weighted by atomic mass is 19.4. The van der Waals surface area contributed by atoms with Gasteiger partial charge in [0.05, 0.1) is 0 Å². The Morgan fingerprint density at radius 3 is 2.31 bits per heavy atom. The number of carbonyl (C=O) groups excluding carboxylic acids is 1. The number of hydrogen-bond acceptors (Lipinski definition) is 4. The van der Waals surface area contributed by atoms with E-state index in [2.05, 4.69) is 5.32 Å². The van der Waals surface area contributed by atoms with E-state index in [0.29, 0.717) is 12.1 Å². The molecule has 3 rings (SSSR count). The van der Waals surface area contributed by atoms with Crippen LogP contribution in [-0.4, -0.2) is 55.4 Å². The van der Waals surface area contributed by atoms with Gasteiger partial charge in [-0.05, 0) is 37.8 Å². The molecule has 2 unspecified atom stereocenters. The summed E-state index contributed by atoms with van der Waals surface area (Å²) in [4.78, 5) is 14.1. The number of ether oxygens (including phenoxy) is 2. The zero-order chi connectivity index (χ0) is 18.7. The van der Waals surface area contributed by atoms with Gasteiger partial charge in [0, 0.05) is 25.2 Å². The second kappa shape index (κ2) is 7.73. The molecule has 26 heavy (non-hydrogen) atoms. The first-order valence-corrected chi connectivity index (χ1v) is 8.75. The molecule has 8 heteroatoms. The highest BCUT2D eigenvalue weighted by Gasteiger charge is 2.36. The number of likely N-dealkylation sites (N-methyl/N-ethyl adjacent to an activating group) is 1. The van der Waals surface area contributed by atoms with Crippen molar-refractivity contribution in [1.29, 1.82) is 0 Å². The van der Waals surface area contributed by atoms with Crippen LogP contribution in [0.1, 0.15) is 25.7 Å². The Bertz CT molecular complexity index is 626. The van der Waals surface area contributed by atoms with Gasteiger partial charge in [-0.25, -0.2) is 0 Å². The summed E-state index contributed by atoms with van der Waals surface area (Å²) in [5.74, 6) is -0.0917. The van der Waals surface area contributed by atoms with E-state index in [-0.39, 0.29) is 30.1 Å². The van der Waals surface area contributed by atoms with Crippen molar-refractivity contribution >= 4 is 5.91 Å². The Morgan fingerprint density at radius 2 is 1.73 bits per heavy atom. The summed E-state index contributed by atoms with van der Waals surface area (Å²) in [5.41, 5.74) is 0. The number of benzene rings is 1. The summed E-state index contributed by atoms with van der Waals surface area (Å²) in [6.45, 7) is -1.64. The summed E-state index contributed by atoms with van der Waals surface area (Å²) in [6.07, 6.45) is -0.307. The highest BCUT2D eigenvalue weighted by Crippen LogP contribution is 2.30. The molecule has 2 bridgehead atoms. The third-order valence-corrected chi connectivity index (χ3v) is 4.98. The fourth-order valence-electron chi connectivity index (χ4n) is 3.64. The van der Waals surface area contributed by atoms with Gasteiger partial charge in [-0.15, -0.1) is 0 Å². The van der Waals surface area contributed by atoms with E-state index in [0.717, 1.165) is 25.7 Å². The van der Waals surface area contributed by atoms with Crippen molar-refractivity contribution in [2.75, 3.05) is 20.3 Å². The van der Waals surface area contributed by atoms with Gasteiger partial charge < -0.3 is 19.7 Å². The molecule has 1 aromatic rings. The van der Waals surface area contributed by atoms with Gasteiger partial charge in [0.1, 0.15) is 0 Å². The SMILES string of the molecule is CN(C(=O)COc1ccccc1OCC(F)(F)F)C1CC2CCC(C1)N2. The van der Waals surface area contributed by atoms with E-state index >= 15 is 0 Å². The number of amides is 1. The molecule has 0 aromatic heterocycles. The van der Waals surface area contributed by atoms with Crippen LogP contribution in [-0.2, 0) is 4.79 Å². The van der Waals surface area contributed by atoms with Crippen LogP contribution in [0.25, 0.3) is 0 Å². The summed E-state index contributed by atoms with van der Waals surface area (Å²) < 4.78 is 47.2. The lowest BCUT2D eigenvalue weighted by atomic mass is 9.98. The molecule has 2 aliphatic heterocycles. The lowest BCUT2D eigenvalue weighted by molar-refractivity contribution is -0.153. The van der Waals surface area contributed by atoms with E-state index in [1.807, 2.05) is 0 Å². The smallest absolute Gasteiger partial charge is 0.422 e. The molecule has 5 nitrogen and oxygen atoms in total. The van der Waals surface area contributed by atoms with E-state index in [4.69, 9.17) is 9.47 Å². The van der Waals surface area contributed by atoms with Crippen LogP contribution in [0.4, 0.5) is 13.2 Å². The Morgan fingerprint density at radius 1 is 1.15 bits per heavy atom. The Balaban J connectivity index is 1.54. The van der Waals surface area contributed by atoms with Crippen LogP contribution in [0.5, 0.6) is 11.5 Å². The van der Waals surface area contributed by atoms with E-state index in [1.54, 1.807) is 24.1 Å². The van der Waals surface area contributed by atoms with Crippen LogP contribution in [0, 0.1) is 0 Å². The van der Waals surface area contributed by atoms with Gasteiger partial charge in [0.25, 0.3) is 5.91 Å². The van der Waals surface area contributed by atoms with Gasteiger partial charge >= 0.3 is 6.18 Å². The van der Waals surface area contributed by atoms with Crippen molar-refractivity contribution < 1.29 is 27.4 Å². The molecular weight excluding hydrogens is 349 g/mol. The summed E-state index contributed by atoms with van der Waals surface area (Å²) in [6, 6.07) is 7.15. The zero-order valence-electron chi connectivity index (χ0n) is 14.6. The quantitative estimate of drug-likeness (QED) is 0.834. The van der Waals surface area contributed by atoms with E-state index in [9.17, 15) is 18.0 Å². The third kappa shape index (κ3) is 4.81. The first-order chi connectivity index (χ1) is 12.3. The van der Waals surface area contributed by atoms with Crippen molar-refractivity contribution in [2.45, 2.75) is 50.0 Å². The summed E-state index contributed by atoms with van der Waals surface area (Å²) in [5, 5.41) is 3.53. The lowest BCUT2D eigenvalue weighted by Gasteiger charge is -2.35. The molecule has 2 fully saturated rings. The van der Waals surface area contributed by atoms with Crippen LogP contribution >= 0.6 is 0 Å². The number of para-hydroxylation sites is 2. The normalized spacial score (nSPS) is 25.0. The second-order valence-electron chi connectivity index (χ2n) is 6.91. The lowest BCUT2D eigenvalue weighted by Crippen LogP contribution is -2.49. The van der Waals surface area contributed by atoms with Gasteiger partial charge in [0.15, 0.2) is 24.7 Å². The maximum atomic E-state index is 12.4.